The summed E-state index contributed by atoms with van der Waals surface area (Å²) < 4.78 is 23.5. The molecule has 0 spiro atoms. The second-order valence-corrected chi connectivity index (χ2v) is 7.11. The maximum atomic E-state index is 5.95. The second-order valence-electron chi connectivity index (χ2n) is 4.95. The van der Waals surface area contributed by atoms with E-state index < -0.39 is 9.05 Å². The zero-order valence-electron chi connectivity index (χ0n) is 13.9. The summed E-state index contributed by atoms with van der Waals surface area (Å²) in [5.41, 5.74) is 0. The first-order chi connectivity index (χ1) is 9.74. The average molecular weight is 307 g/mol. The zero-order valence-corrected chi connectivity index (χ0v) is 14.9. The van der Waals surface area contributed by atoms with Gasteiger partial charge in [0.1, 0.15) is 0 Å². The maximum Gasteiger partial charge on any atom is 0.679 e. The molecule has 0 N–H and O–H groups in total. The number of rotatable bonds is 15. The zero-order chi connectivity index (χ0) is 15.1. The Hall–Kier alpha value is 0.0569. The molecular weight excluding hydrogens is 272 g/mol. The predicted octanol–water partition coefficient (Wildman–Crippen LogP) is 4.30. The molecule has 0 aliphatic heterocycles. The van der Waals surface area contributed by atoms with Crippen molar-refractivity contribution in [2.24, 2.45) is 0 Å². The van der Waals surface area contributed by atoms with Gasteiger partial charge in [-0.1, -0.05) is 47.0 Å². The Morgan fingerprint density at radius 3 is 1.35 bits per heavy atom. The lowest BCUT2D eigenvalue weighted by Crippen LogP contribution is -2.50. The van der Waals surface area contributed by atoms with E-state index in [2.05, 4.69) is 27.7 Å². The molecule has 20 heavy (non-hydrogen) atoms. The highest BCUT2D eigenvalue weighted by molar-refractivity contribution is 6.53. The molecule has 0 rings (SSSR count). The van der Waals surface area contributed by atoms with Gasteiger partial charge in [0, 0.05) is 26.4 Å². The molecule has 0 unspecified atom stereocenters. The van der Waals surface area contributed by atoms with Crippen molar-refractivity contribution in [2.45, 2.75) is 72.6 Å². The van der Waals surface area contributed by atoms with Crippen LogP contribution in [0.25, 0.3) is 0 Å². The molecule has 0 saturated carbocycles. The summed E-state index contributed by atoms with van der Waals surface area (Å²) in [5, 5.41) is 0. The van der Waals surface area contributed by atoms with E-state index in [1.807, 2.05) is 0 Å². The molecule has 0 fully saturated rings. The van der Waals surface area contributed by atoms with E-state index in [1.165, 1.54) is 19.3 Å². The largest absolute Gasteiger partial charge is 0.679 e. The molecule has 0 aliphatic rings. The minimum absolute atomic E-state index is 0.634. The summed E-state index contributed by atoms with van der Waals surface area (Å²) in [6.07, 6.45) is 7.54. The summed E-state index contributed by atoms with van der Waals surface area (Å²) in [6.45, 7) is 11.0. The topological polar surface area (TPSA) is 36.9 Å². The highest BCUT2D eigenvalue weighted by Crippen LogP contribution is 2.15. The Bertz CT molecular complexity index is 181. The van der Waals surface area contributed by atoms with Crippen molar-refractivity contribution in [1.82, 2.24) is 0 Å². The van der Waals surface area contributed by atoms with Gasteiger partial charge in [-0.15, -0.1) is 0 Å². The van der Waals surface area contributed by atoms with Crippen molar-refractivity contribution in [3.8, 4) is 0 Å². The third-order valence-electron chi connectivity index (χ3n) is 2.73. The normalized spacial score (nSPS) is 12.0. The van der Waals surface area contributed by atoms with E-state index >= 15 is 0 Å². The van der Waals surface area contributed by atoms with Gasteiger partial charge in [0.2, 0.25) is 0 Å². The lowest BCUT2D eigenvalue weighted by molar-refractivity contribution is -0.0354. The maximum absolute atomic E-state index is 5.95. The molecule has 0 heterocycles. The summed E-state index contributed by atoms with van der Waals surface area (Å²) in [6, 6.07) is 0. The van der Waals surface area contributed by atoms with E-state index in [4.69, 9.17) is 17.7 Å². The molecule has 0 aromatic carbocycles. The highest BCUT2D eigenvalue weighted by atomic mass is 28.4. The standard InChI is InChI=1S/C15H34O4Si/c1-5-9-10-11-15-19-20(16-12-6-2,17-13-7-3)18-14-8-4/h5-15H2,1-4H3. The lowest BCUT2D eigenvalue weighted by atomic mass is 10.2. The predicted molar refractivity (Wildman–Crippen MR) is 84.6 cm³/mol. The van der Waals surface area contributed by atoms with Gasteiger partial charge in [0.15, 0.2) is 0 Å². The Kier molecular flexibility index (Phi) is 14.1. The first-order valence-corrected chi connectivity index (χ1v) is 9.93. The van der Waals surface area contributed by atoms with E-state index in [9.17, 15) is 0 Å². The molecule has 5 heteroatoms. The molecule has 0 saturated heterocycles. The molecule has 0 atom stereocenters. The summed E-state index contributed by atoms with van der Waals surface area (Å²) >= 11 is 0. The van der Waals surface area contributed by atoms with Crippen molar-refractivity contribution in [2.75, 3.05) is 26.4 Å². The average Bonchev–Trinajstić information content (AvgIpc) is 2.48. The van der Waals surface area contributed by atoms with Crippen LogP contribution < -0.4 is 0 Å². The van der Waals surface area contributed by atoms with Crippen LogP contribution in [-0.2, 0) is 17.7 Å². The Morgan fingerprint density at radius 2 is 0.950 bits per heavy atom. The van der Waals surface area contributed by atoms with Crippen LogP contribution >= 0.6 is 0 Å². The molecule has 0 bridgehead atoms. The van der Waals surface area contributed by atoms with E-state index in [1.54, 1.807) is 0 Å². The number of hydrogen-bond acceptors (Lipinski definition) is 4. The second kappa shape index (κ2) is 14.0. The minimum Gasteiger partial charge on any atom is -0.351 e. The highest BCUT2D eigenvalue weighted by Gasteiger charge is 2.45. The lowest BCUT2D eigenvalue weighted by Gasteiger charge is -2.28. The fourth-order valence-corrected chi connectivity index (χ4v) is 3.91. The van der Waals surface area contributed by atoms with Crippen molar-refractivity contribution in [1.29, 1.82) is 0 Å². The third kappa shape index (κ3) is 9.88. The van der Waals surface area contributed by atoms with E-state index in [-0.39, 0.29) is 0 Å². The first kappa shape index (κ1) is 20.1. The third-order valence-corrected chi connectivity index (χ3v) is 4.96. The van der Waals surface area contributed by atoms with Crippen molar-refractivity contribution in [3.05, 3.63) is 0 Å². The van der Waals surface area contributed by atoms with Crippen LogP contribution in [0.1, 0.15) is 72.6 Å². The van der Waals surface area contributed by atoms with Crippen LogP contribution in [0.3, 0.4) is 0 Å². The van der Waals surface area contributed by atoms with Crippen molar-refractivity contribution in [3.63, 3.8) is 0 Å². The van der Waals surface area contributed by atoms with Gasteiger partial charge in [-0.25, -0.2) is 0 Å². The van der Waals surface area contributed by atoms with E-state index in [0.29, 0.717) is 26.4 Å². The first-order valence-electron chi connectivity index (χ1n) is 8.30. The van der Waals surface area contributed by atoms with Crippen LogP contribution in [-0.4, -0.2) is 35.5 Å². The molecule has 0 aliphatic carbocycles. The summed E-state index contributed by atoms with van der Waals surface area (Å²) in [4.78, 5) is 0. The summed E-state index contributed by atoms with van der Waals surface area (Å²) in [5.74, 6) is 0. The van der Waals surface area contributed by atoms with Gasteiger partial charge in [-0.3, -0.25) is 0 Å². The van der Waals surface area contributed by atoms with Gasteiger partial charge in [0.05, 0.1) is 0 Å². The van der Waals surface area contributed by atoms with Gasteiger partial charge in [-0.2, -0.15) is 0 Å². The van der Waals surface area contributed by atoms with Gasteiger partial charge >= 0.3 is 9.05 Å². The van der Waals surface area contributed by atoms with Gasteiger partial charge in [-0.05, 0) is 25.7 Å². The van der Waals surface area contributed by atoms with Crippen molar-refractivity contribution >= 4 is 9.05 Å². The smallest absolute Gasteiger partial charge is 0.351 e. The SMILES string of the molecule is CCCCCCO[Si](OCCC)(OCCC)OCCC. The molecule has 122 valence electrons. The molecule has 0 amide bonds. The number of hydrogen-bond donors (Lipinski definition) is 0. The van der Waals surface area contributed by atoms with Crippen LogP contribution in [0.2, 0.25) is 0 Å². The van der Waals surface area contributed by atoms with Gasteiger partial charge in [0.25, 0.3) is 0 Å². The fourth-order valence-electron chi connectivity index (χ4n) is 1.66. The monoisotopic (exact) mass is 306 g/mol. The molecule has 4 nitrogen and oxygen atoms in total. The molecule has 0 radical (unpaired) electrons. The van der Waals surface area contributed by atoms with Crippen molar-refractivity contribution < 1.29 is 17.7 Å². The Balaban J connectivity index is 4.34. The quantitative estimate of drug-likeness (QED) is 0.334. The van der Waals surface area contributed by atoms with Crippen LogP contribution in [0, 0.1) is 0 Å². The fraction of sp³-hybridized carbons (Fsp3) is 1.00. The summed E-state index contributed by atoms with van der Waals surface area (Å²) in [7, 11) is -2.92. The molecule has 0 aromatic heterocycles. The molecular formula is C15H34O4Si. The minimum atomic E-state index is -2.92. The Morgan fingerprint density at radius 1 is 0.500 bits per heavy atom. The molecule has 0 aromatic rings. The van der Waals surface area contributed by atoms with Gasteiger partial charge < -0.3 is 17.7 Å². The number of unbranched alkanes of at least 4 members (excludes halogenated alkanes) is 3. The van der Waals surface area contributed by atoms with Crippen LogP contribution in [0.15, 0.2) is 0 Å². The van der Waals surface area contributed by atoms with Crippen LogP contribution in [0.4, 0.5) is 0 Å². The van der Waals surface area contributed by atoms with Crippen LogP contribution in [0.5, 0.6) is 0 Å². The Labute approximate surface area is 126 Å². The van der Waals surface area contributed by atoms with E-state index in [0.717, 1.165) is 25.7 Å².